The number of aryl methyl sites for hydroxylation is 2. The normalized spacial score (nSPS) is 13.2. The summed E-state index contributed by atoms with van der Waals surface area (Å²) >= 11 is 1.41. The Morgan fingerprint density at radius 1 is 1.10 bits per heavy atom. The molecule has 0 atom stereocenters. The van der Waals surface area contributed by atoms with Crippen LogP contribution in [0.2, 0.25) is 0 Å². The summed E-state index contributed by atoms with van der Waals surface area (Å²) in [4.78, 5) is 35.4. The third kappa shape index (κ3) is 5.89. The Morgan fingerprint density at radius 2 is 1.83 bits per heavy atom. The van der Waals surface area contributed by atoms with Crippen molar-refractivity contribution in [2.75, 3.05) is 33.3 Å². The van der Waals surface area contributed by atoms with E-state index < -0.39 is 0 Å². The Kier molecular flexibility index (Phi) is 8.52. The van der Waals surface area contributed by atoms with Gasteiger partial charge in [-0.2, -0.15) is 0 Å². The van der Waals surface area contributed by atoms with Crippen molar-refractivity contribution >= 4 is 23.3 Å². The lowest BCUT2D eigenvalue weighted by molar-refractivity contribution is 0.0735. The first-order valence-corrected chi connectivity index (χ1v) is 14.8. The van der Waals surface area contributed by atoms with Crippen molar-refractivity contribution < 1.29 is 9.53 Å². The number of aromatic nitrogens is 2. The lowest BCUT2D eigenvalue weighted by atomic mass is 10.0. The highest BCUT2D eigenvalue weighted by atomic mass is 32.1. The number of carbonyl (C=O) groups excluding carboxylic acids is 1. The number of hydrogen-bond acceptors (Lipinski definition) is 6. The number of allylic oxidation sites excluding steroid dienone is 1. The number of ether oxygens (including phenoxy) is 1. The van der Waals surface area contributed by atoms with E-state index in [0.717, 1.165) is 35.5 Å². The van der Waals surface area contributed by atoms with Gasteiger partial charge in [0.05, 0.1) is 35.3 Å². The lowest BCUT2D eigenvalue weighted by Crippen LogP contribution is -2.47. The van der Waals surface area contributed by atoms with E-state index in [1.165, 1.54) is 16.9 Å². The second-order valence-electron chi connectivity index (χ2n) is 10.5. The Labute approximate surface area is 245 Å². The van der Waals surface area contributed by atoms with Crippen LogP contribution in [0.25, 0.3) is 33.6 Å². The predicted molar refractivity (Wildman–Crippen MR) is 167 cm³/mol. The molecular weight excluding hydrogens is 532 g/mol. The zero-order valence-corrected chi connectivity index (χ0v) is 25.1. The summed E-state index contributed by atoms with van der Waals surface area (Å²) in [7, 11) is 1.61. The van der Waals surface area contributed by atoms with Crippen LogP contribution < -0.4 is 15.6 Å². The molecule has 0 radical (unpaired) electrons. The zero-order valence-electron chi connectivity index (χ0n) is 24.3. The molecule has 1 saturated heterocycles. The Bertz CT molecular complexity index is 1660. The van der Waals surface area contributed by atoms with E-state index >= 15 is 0 Å². The molecule has 0 unspecified atom stereocenters. The summed E-state index contributed by atoms with van der Waals surface area (Å²) in [6.45, 7) is 10.7. The Balaban J connectivity index is 1.80. The van der Waals surface area contributed by atoms with Crippen LogP contribution in [0.5, 0.6) is 5.75 Å². The van der Waals surface area contributed by atoms with Crippen LogP contribution in [0.15, 0.2) is 64.3 Å². The molecule has 8 heteroatoms. The molecule has 1 fully saturated rings. The number of amides is 1. The summed E-state index contributed by atoms with van der Waals surface area (Å²) in [5.41, 5.74) is 6.86. The molecule has 0 aliphatic carbocycles. The SMILES string of the molecule is CCc1ccc(OC)cc1-n1c(C=C(C)C)c(C(=O)N2CCNCC2)cc(-c2nc(-c3ccc(C)cc3)cs2)c1=O. The summed E-state index contributed by atoms with van der Waals surface area (Å²) in [6, 6.07) is 15.7. The first kappa shape index (κ1) is 28.5. The number of pyridine rings is 1. The van der Waals surface area contributed by atoms with Crippen LogP contribution in [0.4, 0.5) is 0 Å². The van der Waals surface area contributed by atoms with Gasteiger partial charge in [-0.25, -0.2) is 4.98 Å². The smallest absolute Gasteiger partial charge is 0.265 e. The molecule has 212 valence electrons. The van der Waals surface area contributed by atoms with E-state index in [1.54, 1.807) is 17.7 Å². The average Bonchev–Trinajstić information content (AvgIpc) is 3.47. The molecule has 1 N–H and O–H groups in total. The molecule has 41 heavy (non-hydrogen) atoms. The van der Waals surface area contributed by atoms with Gasteiger partial charge in [0.2, 0.25) is 0 Å². The van der Waals surface area contributed by atoms with Gasteiger partial charge >= 0.3 is 0 Å². The quantitative estimate of drug-likeness (QED) is 0.297. The van der Waals surface area contributed by atoms with E-state index in [1.807, 2.05) is 67.5 Å². The van der Waals surface area contributed by atoms with E-state index in [2.05, 4.69) is 24.4 Å². The van der Waals surface area contributed by atoms with Crippen LogP contribution in [0.1, 0.15) is 48.0 Å². The summed E-state index contributed by atoms with van der Waals surface area (Å²) in [6.07, 6.45) is 2.64. The van der Waals surface area contributed by atoms with Gasteiger partial charge in [-0.3, -0.25) is 14.2 Å². The van der Waals surface area contributed by atoms with Crippen LogP contribution in [0.3, 0.4) is 0 Å². The average molecular weight is 569 g/mol. The van der Waals surface area contributed by atoms with Crippen LogP contribution in [0, 0.1) is 6.92 Å². The number of carbonyl (C=O) groups is 1. The molecular formula is C33H36N4O3S. The highest BCUT2D eigenvalue weighted by Gasteiger charge is 2.27. The minimum Gasteiger partial charge on any atom is -0.497 e. The number of methoxy groups -OCH3 is 1. The van der Waals surface area contributed by atoms with Gasteiger partial charge in [0, 0.05) is 43.2 Å². The second-order valence-corrected chi connectivity index (χ2v) is 11.4. The number of nitrogens with zero attached hydrogens (tertiary/aromatic N) is 3. The third-order valence-corrected chi connectivity index (χ3v) is 8.17. The highest BCUT2D eigenvalue weighted by Crippen LogP contribution is 2.31. The van der Waals surface area contributed by atoms with Crippen LogP contribution >= 0.6 is 11.3 Å². The molecule has 4 aromatic rings. The number of thiazole rings is 1. The number of nitrogens with one attached hydrogen (secondary N) is 1. The molecule has 0 saturated carbocycles. The predicted octanol–water partition coefficient (Wildman–Crippen LogP) is 5.98. The second kappa shape index (κ2) is 12.2. The van der Waals surface area contributed by atoms with Crippen LogP contribution in [-0.2, 0) is 6.42 Å². The molecule has 1 aliphatic heterocycles. The standard InChI is InChI=1S/C33H36N4O3S/c1-6-23-11-12-25(40-5)18-29(23)37-30(17-21(2)3)26(32(38)36-15-13-34-14-16-36)19-27(33(37)39)31-35-28(20-41-31)24-9-7-22(4)8-10-24/h7-12,17-20,34H,6,13-16H2,1-5H3. The van der Waals surface area contributed by atoms with Crippen molar-refractivity contribution in [2.45, 2.75) is 34.1 Å². The number of benzene rings is 2. The number of rotatable bonds is 7. The lowest BCUT2D eigenvalue weighted by Gasteiger charge is -2.29. The molecule has 1 amide bonds. The number of piperazine rings is 1. The zero-order chi connectivity index (χ0) is 29.1. The van der Waals surface area contributed by atoms with Crippen molar-refractivity contribution in [1.82, 2.24) is 19.8 Å². The van der Waals surface area contributed by atoms with Gasteiger partial charge < -0.3 is 15.0 Å². The Hall–Kier alpha value is -4.01. The largest absolute Gasteiger partial charge is 0.497 e. The molecule has 1 aliphatic rings. The highest BCUT2D eigenvalue weighted by molar-refractivity contribution is 7.13. The molecule has 0 bridgehead atoms. The van der Waals surface area contributed by atoms with E-state index in [4.69, 9.17) is 9.72 Å². The van der Waals surface area contributed by atoms with Gasteiger partial charge in [-0.1, -0.05) is 48.4 Å². The molecule has 5 rings (SSSR count). The maximum atomic E-state index is 14.5. The topological polar surface area (TPSA) is 76.5 Å². The summed E-state index contributed by atoms with van der Waals surface area (Å²) in [5.74, 6) is 0.550. The van der Waals surface area contributed by atoms with Gasteiger partial charge in [-0.05, 0) is 51.0 Å². The monoisotopic (exact) mass is 568 g/mol. The van der Waals surface area contributed by atoms with Crippen molar-refractivity contribution in [1.29, 1.82) is 0 Å². The van der Waals surface area contributed by atoms with Gasteiger partial charge in [0.15, 0.2) is 0 Å². The maximum Gasteiger partial charge on any atom is 0.265 e. The fourth-order valence-corrected chi connectivity index (χ4v) is 5.92. The minimum atomic E-state index is -0.220. The van der Waals surface area contributed by atoms with Crippen molar-refractivity contribution in [3.63, 3.8) is 0 Å². The van der Waals surface area contributed by atoms with E-state index in [0.29, 0.717) is 52.8 Å². The molecule has 0 spiro atoms. The van der Waals surface area contributed by atoms with Gasteiger partial charge in [-0.15, -0.1) is 11.3 Å². The molecule has 7 nitrogen and oxygen atoms in total. The van der Waals surface area contributed by atoms with Gasteiger partial charge in [0.25, 0.3) is 11.5 Å². The van der Waals surface area contributed by atoms with Gasteiger partial charge in [0.1, 0.15) is 10.8 Å². The minimum absolute atomic E-state index is 0.0924. The van der Waals surface area contributed by atoms with Crippen molar-refractivity contribution in [3.8, 4) is 33.3 Å². The molecule has 3 heterocycles. The van der Waals surface area contributed by atoms with Crippen molar-refractivity contribution in [3.05, 3.63) is 92.2 Å². The third-order valence-electron chi connectivity index (χ3n) is 7.30. The van der Waals surface area contributed by atoms with E-state index in [-0.39, 0.29) is 11.5 Å². The fourth-order valence-electron chi connectivity index (χ4n) is 5.08. The summed E-state index contributed by atoms with van der Waals surface area (Å²) < 4.78 is 7.25. The molecule has 2 aromatic carbocycles. The van der Waals surface area contributed by atoms with E-state index in [9.17, 15) is 9.59 Å². The Morgan fingerprint density at radius 3 is 2.49 bits per heavy atom. The first-order chi connectivity index (χ1) is 19.8. The maximum absolute atomic E-state index is 14.5. The number of hydrogen-bond donors (Lipinski definition) is 1. The van der Waals surface area contributed by atoms with Crippen LogP contribution in [-0.4, -0.2) is 53.6 Å². The summed E-state index contributed by atoms with van der Waals surface area (Å²) in [5, 5.41) is 5.87. The fraction of sp³-hybridized carbons (Fsp3) is 0.303. The van der Waals surface area contributed by atoms with Crippen molar-refractivity contribution in [2.24, 2.45) is 0 Å². The molecule has 2 aromatic heterocycles. The first-order valence-electron chi connectivity index (χ1n) is 14.0.